The molecule has 1 aromatic heterocycles. The second-order valence-corrected chi connectivity index (χ2v) is 7.19. The third kappa shape index (κ3) is 3.36. The summed E-state index contributed by atoms with van der Waals surface area (Å²) in [5.74, 6) is 0. The lowest BCUT2D eigenvalue weighted by Crippen LogP contribution is -2.55. The quantitative estimate of drug-likeness (QED) is 0.927. The predicted octanol–water partition coefficient (Wildman–Crippen LogP) is 3.24. The van der Waals surface area contributed by atoms with Crippen molar-refractivity contribution in [3.8, 4) is 11.3 Å². The van der Waals surface area contributed by atoms with Gasteiger partial charge in [0, 0.05) is 38.9 Å². The van der Waals surface area contributed by atoms with Crippen LogP contribution in [0.3, 0.4) is 0 Å². The zero-order chi connectivity index (χ0) is 17.1. The van der Waals surface area contributed by atoms with Gasteiger partial charge < -0.3 is 9.47 Å². The minimum atomic E-state index is -0.0673. The number of H-pyrrole nitrogens is 1. The van der Waals surface area contributed by atoms with Gasteiger partial charge in [0.1, 0.15) is 0 Å². The van der Waals surface area contributed by atoms with Gasteiger partial charge in [0.2, 0.25) is 0 Å². The third-order valence-corrected chi connectivity index (χ3v) is 5.75. The van der Waals surface area contributed by atoms with Gasteiger partial charge in [0.05, 0.1) is 23.6 Å². The Morgan fingerprint density at radius 2 is 2.08 bits per heavy atom. The summed E-state index contributed by atoms with van der Waals surface area (Å²) in [7, 11) is 1.82. The molecule has 2 fully saturated rings. The summed E-state index contributed by atoms with van der Waals surface area (Å²) >= 11 is 0. The first-order chi connectivity index (χ1) is 12.3. The van der Waals surface area contributed by atoms with Gasteiger partial charge >= 0.3 is 0 Å². The molecule has 0 radical (unpaired) electrons. The van der Waals surface area contributed by atoms with Crippen molar-refractivity contribution in [2.24, 2.45) is 0 Å². The van der Waals surface area contributed by atoms with Crippen molar-refractivity contribution in [1.82, 2.24) is 15.1 Å². The van der Waals surface area contributed by atoms with Crippen molar-refractivity contribution in [2.45, 2.75) is 43.9 Å². The van der Waals surface area contributed by atoms with Crippen molar-refractivity contribution in [2.75, 3.05) is 26.8 Å². The Bertz CT molecular complexity index is 677. The number of ether oxygens (including phenoxy) is 2. The maximum Gasteiger partial charge on any atom is 0.0967 e. The average Bonchev–Trinajstić information content (AvgIpc) is 3.13. The van der Waals surface area contributed by atoms with E-state index in [0.717, 1.165) is 57.6 Å². The van der Waals surface area contributed by atoms with Crippen molar-refractivity contribution in [1.29, 1.82) is 0 Å². The van der Waals surface area contributed by atoms with E-state index < -0.39 is 0 Å². The topological polar surface area (TPSA) is 50.4 Å². The molecule has 1 atom stereocenters. The number of rotatable bonds is 4. The van der Waals surface area contributed by atoms with Crippen molar-refractivity contribution >= 4 is 0 Å². The molecule has 134 valence electrons. The van der Waals surface area contributed by atoms with Gasteiger partial charge in [0.25, 0.3) is 0 Å². The third-order valence-electron chi connectivity index (χ3n) is 5.75. The Balaban J connectivity index is 1.42. The maximum absolute atomic E-state index is 6.22. The lowest BCUT2D eigenvalue weighted by atomic mass is 9.81. The van der Waals surface area contributed by atoms with E-state index in [1.165, 1.54) is 11.1 Å². The fourth-order valence-corrected chi connectivity index (χ4v) is 4.32. The van der Waals surface area contributed by atoms with E-state index in [-0.39, 0.29) is 11.7 Å². The lowest BCUT2D eigenvalue weighted by molar-refractivity contribution is -0.186. The molecule has 1 aromatic carbocycles. The number of benzene rings is 1. The van der Waals surface area contributed by atoms with E-state index in [1.54, 1.807) is 0 Å². The molecule has 5 heteroatoms. The van der Waals surface area contributed by atoms with E-state index in [1.807, 2.05) is 19.4 Å². The highest BCUT2D eigenvalue weighted by Gasteiger charge is 2.44. The fourth-order valence-electron chi connectivity index (χ4n) is 4.32. The van der Waals surface area contributed by atoms with Crippen LogP contribution >= 0.6 is 0 Å². The lowest BCUT2D eigenvalue weighted by Gasteiger charge is -2.48. The molecule has 2 aliphatic heterocycles. The highest BCUT2D eigenvalue weighted by atomic mass is 16.5. The molecule has 0 amide bonds. The second kappa shape index (κ2) is 7.28. The van der Waals surface area contributed by atoms with Crippen LogP contribution in [0.2, 0.25) is 0 Å². The number of methoxy groups -OCH3 is 1. The maximum atomic E-state index is 6.22. The largest absolute Gasteiger partial charge is 0.378 e. The summed E-state index contributed by atoms with van der Waals surface area (Å²) in [6.07, 6.45) is 6.53. The van der Waals surface area contributed by atoms with Crippen LogP contribution in [0.5, 0.6) is 0 Å². The molecule has 4 rings (SSSR count). The van der Waals surface area contributed by atoms with Crippen LogP contribution in [-0.2, 0) is 16.0 Å². The van der Waals surface area contributed by atoms with Crippen LogP contribution in [0.25, 0.3) is 11.3 Å². The van der Waals surface area contributed by atoms with Crippen molar-refractivity contribution < 1.29 is 9.47 Å². The van der Waals surface area contributed by atoms with Crippen LogP contribution in [0.4, 0.5) is 0 Å². The SMILES string of the molecule is COC1CCCOC12CCN(Cc1cn[nH]c1-c1ccccc1)CC2. The zero-order valence-electron chi connectivity index (χ0n) is 14.9. The Kier molecular flexibility index (Phi) is 4.88. The number of aromatic amines is 1. The molecule has 2 aliphatic rings. The number of nitrogens with zero attached hydrogens (tertiary/aromatic N) is 2. The summed E-state index contributed by atoms with van der Waals surface area (Å²) in [5, 5.41) is 7.44. The average molecular weight is 341 g/mol. The van der Waals surface area contributed by atoms with Gasteiger partial charge in [-0.15, -0.1) is 0 Å². The second-order valence-electron chi connectivity index (χ2n) is 7.19. The van der Waals surface area contributed by atoms with Gasteiger partial charge in [-0.3, -0.25) is 10.00 Å². The van der Waals surface area contributed by atoms with Gasteiger partial charge in [-0.05, 0) is 31.2 Å². The molecular formula is C20H27N3O2. The summed E-state index contributed by atoms with van der Waals surface area (Å²) in [6.45, 7) is 3.88. The van der Waals surface area contributed by atoms with E-state index in [2.05, 4.69) is 39.4 Å². The Labute approximate surface area is 149 Å². The molecule has 1 unspecified atom stereocenters. The standard InChI is InChI=1S/C20H27N3O2/c1-24-18-8-5-13-25-20(18)9-11-23(12-10-20)15-17-14-21-22-19(17)16-6-3-2-4-7-16/h2-4,6-7,14,18H,5,8-13,15H2,1H3,(H,21,22). The highest BCUT2D eigenvalue weighted by Crippen LogP contribution is 2.37. The molecule has 0 bridgehead atoms. The molecule has 25 heavy (non-hydrogen) atoms. The van der Waals surface area contributed by atoms with E-state index in [4.69, 9.17) is 9.47 Å². The first kappa shape index (κ1) is 16.8. The molecule has 3 heterocycles. The van der Waals surface area contributed by atoms with Crippen LogP contribution < -0.4 is 0 Å². The molecule has 5 nitrogen and oxygen atoms in total. The zero-order valence-corrected chi connectivity index (χ0v) is 14.9. The first-order valence-corrected chi connectivity index (χ1v) is 9.27. The summed E-state index contributed by atoms with van der Waals surface area (Å²) in [4.78, 5) is 2.51. The number of hydrogen-bond acceptors (Lipinski definition) is 4. The fraction of sp³-hybridized carbons (Fsp3) is 0.550. The number of aromatic nitrogens is 2. The van der Waals surface area contributed by atoms with Crippen LogP contribution in [0.1, 0.15) is 31.2 Å². The van der Waals surface area contributed by atoms with Gasteiger partial charge in [-0.2, -0.15) is 5.10 Å². The summed E-state index contributed by atoms with van der Waals surface area (Å²) in [5.41, 5.74) is 3.51. The Morgan fingerprint density at radius 3 is 2.84 bits per heavy atom. The molecule has 1 spiro atoms. The highest BCUT2D eigenvalue weighted by molar-refractivity contribution is 5.62. The van der Waals surface area contributed by atoms with Crippen molar-refractivity contribution in [3.63, 3.8) is 0 Å². The molecule has 2 aromatic rings. The molecular weight excluding hydrogens is 314 g/mol. The number of likely N-dealkylation sites (tertiary alicyclic amines) is 1. The minimum Gasteiger partial charge on any atom is -0.378 e. The Hall–Kier alpha value is -1.69. The van der Waals surface area contributed by atoms with Gasteiger partial charge in [-0.25, -0.2) is 0 Å². The van der Waals surface area contributed by atoms with Crippen molar-refractivity contribution in [3.05, 3.63) is 42.1 Å². The summed E-state index contributed by atoms with van der Waals surface area (Å²) in [6, 6.07) is 10.4. The van der Waals surface area contributed by atoms with E-state index in [9.17, 15) is 0 Å². The predicted molar refractivity (Wildman–Crippen MR) is 97.2 cm³/mol. The molecule has 2 saturated heterocycles. The molecule has 1 N–H and O–H groups in total. The van der Waals surface area contributed by atoms with Crippen LogP contribution in [0, 0.1) is 0 Å². The van der Waals surface area contributed by atoms with Gasteiger partial charge in [-0.1, -0.05) is 30.3 Å². The van der Waals surface area contributed by atoms with Crippen LogP contribution in [0.15, 0.2) is 36.5 Å². The monoisotopic (exact) mass is 341 g/mol. The Morgan fingerprint density at radius 1 is 1.28 bits per heavy atom. The number of hydrogen-bond donors (Lipinski definition) is 1. The molecule has 0 aliphatic carbocycles. The number of piperidine rings is 1. The minimum absolute atomic E-state index is 0.0673. The normalized spacial score (nSPS) is 23.8. The van der Waals surface area contributed by atoms with Crippen LogP contribution in [-0.4, -0.2) is 53.6 Å². The van der Waals surface area contributed by atoms with Gasteiger partial charge in [0.15, 0.2) is 0 Å². The van der Waals surface area contributed by atoms with E-state index in [0.29, 0.717) is 0 Å². The summed E-state index contributed by atoms with van der Waals surface area (Å²) < 4.78 is 12.0. The smallest absolute Gasteiger partial charge is 0.0967 e. The first-order valence-electron chi connectivity index (χ1n) is 9.27. The van der Waals surface area contributed by atoms with E-state index >= 15 is 0 Å². The number of nitrogens with one attached hydrogen (secondary N) is 1. The molecule has 0 saturated carbocycles.